The summed E-state index contributed by atoms with van der Waals surface area (Å²) in [5.41, 5.74) is 3.44. The zero-order chi connectivity index (χ0) is 22.0. The Morgan fingerprint density at radius 1 is 1.07 bits per heavy atom. The first-order valence-electron chi connectivity index (χ1n) is 9.95. The number of hydrogen-bond acceptors (Lipinski definition) is 3. The number of halogens is 2. The molecule has 1 N–H and O–H groups in total. The third-order valence-corrected chi connectivity index (χ3v) is 18.4. The number of benzene rings is 1. The molecule has 7 heteroatoms. The van der Waals surface area contributed by atoms with Crippen molar-refractivity contribution in [3.8, 4) is 15.8 Å². The number of phenols is 1. The van der Waals surface area contributed by atoms with Crippen LogP contribution in [-0.2, 0) is 4.79 Å². The number of fused-ring (bicyclic) bond motifs is 2. The van der Waals surface area contributed by atoms with Gasteiger partial charge in [-0.15, -0.1) is 0 Å². The number of rotatable bonds is 3. The fourth-order valence-electron chi connectivity index (χ4n) is 5.05. The van der Waals surface area contributed by atoms with Gasteiger partial charge in [-0.1, -0.05) is 0 Å². The van der Waals surface area contributed by atoms with Crippen molar-refractivity contribution in [2.75, 3.05) is 0 Å². The molecule has 2 aromatic rings. The Bertz CT molecular complexity index is 1170. The van der Waals surface area contributed by atoms with E-state index in [9.17, 15) is 9.90 Å². The summed E-state index contributed by atoms with van der Waals surface area (Å²) >= 11 is 7.58. The van der Waals surface area contributed by atoms with E-state index in [-0.39, 0.29) is 20.3 Å². The number of ketones is 1. The number of nitrogens with zero attached hydrogens (tertiary/aromatic N) is 1. The van der Waals surface area contributed by atoms with E-state index in [1.807, 2.05) is 18.2 Å². The molecule has 4 rings (SSSR count). The first-order valence-corrected chi connectivity index (χ1v) is 15.4. The third kappa shape index (κ3) is 3.08. The quantitative estimate of drug-likeness (QED) is 0.336. The number of hydrogen-bond donors (Lipinski definition) is 1. The molecule has 0 amide bonds. The van der Waals surface area contributed by atoms with Crippen LogP contribution in [0.2, 0.25) is 11.1 Å². The standard InChI is InChI=1S/C23H23Br2NO2SeSi/c1-11(2)30(12(3)4)18-10-14(27)6-7-15(18)26-16-8-9-17(28)19(23(16)30)22-21(25)20(24)13(5)29-22/h6-12,28H,1-5H3. The van der Waals surface area contributed by atoms with Crippen LogP contribution < -0.4 is 5.19 Å². The fourth-order valence-corrected chi connectivity index (χ4v) is 15.7. The fraction of sp³-hybridized carbons (Fsp3) is 0.304. The second-order valence-corrected chi connectivity index (χ2v) is 17.7. The summed E-state index contributed by atoms with van der Waals surface area (Å²) in [7, 11) is -2.46. The summed E-state index contributed by atoms with van der Waals surface area (Å²) in [6, 6.07) is 3.72. The number of aromatic hydroxyl groups is 1. The molecule has 1 aromatic carbocycles. The monoisotopic (exact) mass is 611 g/mol. The third-order valence-electron chi connectivity index (χ3n) is 6.23. The molecule has 0 saturated carbocycles. The van der Waals surface area contributed by atoms with Crippen molar-refractivity contribution < 1.29 is 9.90 Å². The molecule has 0 unspecified atom stereocenters. The Kier molecular flexibility index (Phi) is 5.82. The van der Waals surface area contributed by atoms with Crippen molar-refractivity contribution in [3.05, 3.63) is 48.9 Å². The summed E-state index contributed by atoms with van der Waals surface area (Å²) in [4.78, 5) is 17.4. The summed E-state index contributed by atoms with van der Waals surface area (Å²) in [5.74, 6) is 0.325. The van der Waals surface area contributed by atoms with Crippen LogP contribution in [0.5, 0.6) is 5.75 Å². The molecular weight excluding hydrogens is 589 g/mol. The minimum atomic E-state index is -2.46. The van der Waals surface area contributed by atoms with Crippen molar-refractivity contribution in [1.82, 2.24) is 0 Å². The summed E-state index contributed by atoms with van der Waals surface area (Å²) in [5, 5.41) is 13.4. The minimum absolute atomic E-state index is 0.0259. The van der Waals surface area contributed by atoms with E-state index in [0.717, 1.165) is 35.5 Å². The molecule has 1 aliphatic carbocycles. The molecule has 2 heterocycles. The summed E-state index contributed by atoms with van der Waals surface area (Å²) in [6.45, 7) is 11.2. The molecule has 3 nitrogen and oxygen atoms in total. The number of carbonyl (C=O) groups is 1. The first kappa shape index (κ1) is 22.2. The van der Waals surface area contributed by atoms with Crippen LogP contribution >= 0.6 is 31.9 Å². The van der Waals surface area contributed by atoms with Gasteiger partial charge in [-0.2, -0.15) is 0 Å². The Morgan fingerprint density at radius 2 is 1.73 bits per heavy atom. The normalized spacial score (nSPS) is 17.2. The van der Waals surface area contributed by atoms with Gasteiger partial charge < -0.3 is 0 Å². The average Bonchev–Trinajstić information content (AvgIpc) is 2.93. The molecule has 0 bridgehead atoms. The SMILES string of the molecule is Cc1[se]c(-c2c(O)ccc3c2[Si](C(C)C)(C(C)C)C2=CC(=O)C=CC2=N3)c(Br)c1Br. The molecule has 0 fully saturated rings. The predicted molar refractivity (Wildman–Crippen MR) is 136 cm³/mol. The number of carbonyl (C=O) groups excluding carboxylic acids is 1. The Labute approximate surface area is 201 Å². The molecule has 156 valence electrons. The Morgan fingerprint density at radius 3 is 2.30 bits per heavy atom. The van der Waals surface area contributed by atoms with E-state index < -0.39 is 8.07 Å². The van der Waals surface area contributed by atoms with Crippen LogP contribution in [0.1, 0.15) is 32.1 Å². The van der Waals surface area contributed by atoms with Crippen molar-refractivity contribution in [2.45, 2.75) is 45.7 Å². The van der Waals surface area contributed by atoms with Crippen molar-refractivity contribution in [2.24, 2.45) is 4.99 Å². The molecule has 1 aliphatic heterocycles. The van der Waals surface area contributed by atoms with Crippen LogP contribution in [0.15, 0.2) is 49.5 Å². The molecule has 0 spiro atoms. The summed E-state index contributed by atoms with van der Waals surface area (Å²) in [6.07, 6.45) is 5.29. The predicted octanol–water partition coefficient (Wildman–Crippen LogP) is 6.12. The van der Waals surface area contributed by atoms with Crippen LogP contribution in [0.25, 0.3) is 10.0 Å². The second-order valence-electron chi connectivity index (χ2n) is 8.44. The van der Waals surface area contributed by atoms with E-state index in [4.69, 9.17) is 4.99 Å². The van der Waals surface area contributed by atoms with Gasteiger partial charge in [0.1, 0.15) is 0 Å². The molecule has 0 saturated heterocycles. The average molecular weight is 612 g/mol. The molecule has 30 heavy (non-hydrogen) atoms. The molecule has 0 radical (unpaired) electrons. The van der Waals surface area contributed by atoms with E-state index >= 15 is 0 Å². The maximum atomic E-state index is 12.4. The van der Waals surface area contributed by atoms with E-state index in [2.05, 4.69) is 66.5 Å². The van der Waals surface area contributed by atoms with Gasteiger partial charge in [-0.05, 0) is 0 Å². The Hall–Kier alpha value is -0.984. The van der Waals surface area contributed by atoms with Crippen molar-refractivity contribution in [3.63, 3.8) is 0 Å². The van der Waals surface area contributed by atoms with Gasteiger partial charge in [-0.25, -0.2) is 0 Å². The zero-order valence-corrected chi connectivity index (χ0v) is 23.4. The number of phenolic OH excluding ortho intramolecular Hbond substituents is 1. The first-order chi connectivity index (χ1) is 14.1. The van der Waals surface area contributed by atoms with E-state index in [0.29, 0.717) is 16.8 Å². The van der Waals surface area contributed by atoms with Gasteiger partial charge in [0.05, 0.1) is 0 Å². The van der Waals surface area contributed by atoms with Gasteiger partial charge >= 0.3 is 202 Å². The van der Waals surface area contributed by atoms with E-state index in [1.165, 1.54) is 9.62 Å². The molecular formula is C23H23Br2NO2SeSi. The van der Waals surface area contributed by atoms with Crippen molar-refractivity contribution in [1.29, 1.82) is 0 Å². The number of allylic oxidation sites excluding steroid dienone is 4. The molecule has 0 atom stereocenters. The topological polar surface area (TPSA) is 49.7 Å². The number of aryl methyl sites for hydroxylation is 1. The molecule has 2 aliphatic rings. The maximum absolute atomic E-state index is 12.4. The molecule has 1 aromatic heterocycles. The van der Waals surface area contributed by atoms with Crippen LogP contribution in [0, 0.1) is 6.92 Å². The summed E-state index contributed by atoms with van der Waals surface area (Å²) < 4.78 is 4.53. The van der Waals surface area contributed by atoms with Gasteiger partial charge in [0, 0.05) is 0 Å². The Balaban J connectivity index is 2.20. The second kappa shape index (κ2) is 7.86. The van der Waals surface area contributed by atoms with E-state index in [1.54, 1.807) is 12.1 Å². The van der Waals surface area contributed by atoms with Crippen LogP contribution in [0.3, 0.4) is 0 Å². The number of aliphatic imine (C=N–C) groups is 1. The van der Waals surface area contributed by atoms with Gasteiger partial charge in [-0.3, -0.25) is 0 Å². The van der Waals surface area contributed by atoms with Crippen molar-refractivity contribution >= 4 is 76.8 Å². The van der Waals surface area contributed by atoms with Gasteiger partial charge in [0.25, 0.3) is 0 Å². The van der Waals surface area contributed by atoms with Gasteiger partial charge in [0.15, 0.2) is 0 Å². The van der Waals surface area contributed by atoms with Gasteiger partial charge in [0.2, 0.25) is 0 Å². The zero-order valence-electron chi connectivity index (χ0n) is 17.5. The van der Waals surface area contributed by atoms with Crippen LogP contribution in [0.4, 0.5) is 5.69 Å². The van der Waals surface area contributed by atoms with Crippen LogP contribution in [-0.4, -0.2) is 39.2 Å².